The first-order chi connectivity index (χ1) is 14.2. The van der Waals surface area contributed by atoms with Crippen molar-refractivity contribution in [1.29, 1.82) is 0 Å². The van der Waals surface area contributed by atoms with Gasteiger partial charge in [0.1, 0.15) is 6.29 Å². The van der Waals surface area contributed by atoms with Gasteiger partial charge in [-0.05, 0) is 29.2 Å². The van der Waals surface area contributed by atoms with E-state index < -0.39 is 41.4 Å². The van der Waals surface area contributed by atoms with Gasteiger partial charge in [-0.25, -0.2) is 35.1 Å². The lowest BCUT2D eigenvalue weighted by molar-refractivity contribution is -0.171. The Labute approximate surface area is 175 Å². The van der Waals surface area contributed by atoms with Crippen LogP contribution in [0.5, 0.6) is 0 Å². The van der Waals surface area contributed by atoms with Crippen LogP contribution in [-0.2, 0) is 9.53 Å². The Morgan fingerprint density at radius 2 is 1.03 bits per heavy atom. The van der Waals surface area contributed by atoms with E-state index in [-0.39, 0.29) is 63.2 Å². The van der Waals surface area contributed by atoms with E-state index in [1.165, 1.54) is 13.4 Å². The third kappa shape index (κ3) is 5.72. The SMILES string of the molecule is COC=C(C1CC(F)(F)C1)C1CC(F)(F)C1.O=CC(C1CC(F)(F)C1)C1CC(F)(F)C1. The highest BCUT2D eigenvalue weighted by molar-refractivity contribution is 5.55. The number of hydrogen-bond donors (Lipinski definition) is 0. The van der Waals surface area contributed by atoms with Gasteiger partial charge in [0.25, 0.3) is 0 Å². The molecule has 0 aromatic carbocycles. The Balaban J connectivity index is 0.000000176. The molecule has 10 heteroatoms. The monoisotopic (exact) mass is 462 g/mol. The molecule has 0 heterocycles. The van der Waals surface area contributed by atoms with E-state index in [4.69, 9.17) is 4.74 Å². The second kappa shape index (κ2) is 8.21. The largest absolute Gasteiger partial charge is 0.504 e. The van der Waals surface area contributed by atoms with Gasteiger partial charge in [-0.1, -0.05) is 0 Å². The number of ether oxygens (including phenoxy) is 1. The molecule has 4 aliphatic carbocycles. The highest BCUT2D eigenvalue weighted by Crippen LogP contribution is 2.55. The zero-order valence-electron chi connectivity index (χ0n) is 17.0. The molecule has 0 amide bonds. The first-order valence-corrected chi connectivity index (χ1v) is 10.4. The summed E-state index contributed by atoms with van der Waals surface area (Å²) >= 11 is 0. The summed E-state index contributed by atoms with van der Waals surface area (Å²) in [7, 11) is 1.41. The second-order valence-electron chi connectivity index (χ2n) is 9.54. The fourth-order valence-electron chi connectivity index (χ4n) is 5.02. The number of aldehydes is 1. The van der Waals surface area contributed by atoms with Crippen LogP contribution in [0.2, 0.25) is 0 Å². The third-order valence-corrected chi connectivity index (χ3v) is 6.87. The quantitative estimate of drug-likeness (QED) is 0.256. The molecule has 0 aromatic heterocycles. The number of methoxy groups -OCH3 is 1. The van der Waals surface area contributed by atoms with E-state index in [2.05, 4.69) is 0 Å². The lowest BCUT2D eigenvalue weighted by atomic mass is 9.63. The molecule has 0 radical (unpaired) electrons. The summed E-state index contributed by atoms with van der Waals surface area (Å²) in [6, 6.07) is 0. The molecule has 4 saturated carbocycles. The maximum absolute atomic E-state index is 12.7. The number of allylic oxidation sites excluding steroid dienone is 1. The molecule has 0 aromatic rings. The summed E-state index contributed by atoms with van der Waals surface area (Å²) in [4.78, 5) is 10.7. The third-order valence-electron chi connectivity index (χ3n) is 6.87. The number of halogens is 8. The van der Waals surface area contributed by atoms with Crippen molar-refractivity contribution in [2.24, 2.45) is 29.6 Å². The molecule has 4 aliphatic rings. The van der Waals surface area contributed by atoms with Crippen LogP contribution in [0.4, 0.5) is 35.1 Å². The Morgan fingerprint density at radius 1 is 0.710 bits per heavy atom. The lowest BCUT2D eigenvalue weighted by Crippen LogP contribution is -2.48. The summed E-state index contributed by atoms with van der Waals surface area (Å²) in [6.45, 7) is 0. The van der Waals surface area contributed by atoms with Crippen molar-refractivity contribution in [2.45, 2.75) is 75.1 Å². The Morgan fingerprint density at radius 3 is 1.26 bits per heavy atom. The highest BCUT2D eigenvalue weighted by atomic mass is 19.3. The summed E-state index contributed by atoms with van der Waals surface area (Å²) in [5, 5.41) is 0. The van der Waals surface area contributed by atoms with Crippen LogP contribution in [0.25, 0.3) is 0 Å². The average molecular weight is 462 g/mol. The first-order valence-electron chi connectivity index (χ1n) is 10.4. The number of hydrogen-bond acceptors (Lipinski definition) is 2. The van der Waals surface area contributed by atoms with Gasteiger partial charge in [0.2, 0.25) is 23.7 Å². The van der Waals surface area contributed by atoms with Crippen LogP contribution in [0, 0.1) is 29.6 Å². The average Bonchev–Trinajstić information content (AvgIpc) is 2.53. The fraction of sp³-hybridized carbons (Fsp3) is 0.857. The summed E-state index contributed by atoms with van der Waals surface area (Å²) < 4.78 is 106. The van der Waals surface area contributed by atoms with Crippen molar-refractivity contribution in [3.05, 3.63) is 11.8 Å². The molecule has 0 atom stereocenters. The zero-order chi connectivity index (χ0) is 23.2. The number of carbonyl (C=O) groups excluding carboxylic acids is 1. The first kappa shape index (κ1) is 24.3. The molecular formula is C21H26F8O2. The second-order valence-corrected chi connectivity index (χ2v) is 9.54. The Kier molecular flexibility index (Phi) is 6.43. The lowest BCUT2D eigenvalue weighted by Gasteiger charge is -2.45. The van der Waals surface area contributed by atoms with Crippen molar-refractivity contribution >= 4 is 6.29 Å². The van der Waals surface area contributed by atoms with Crippen LogP contribution >= 0.6 is 0 Å². The van der Waals surface area contributed by atoms with E-state index in [1.54, 1.807) is 0 Å². The van der Waals surface area contributed by atoms with Crippen LogP contribution in [-0.4, -0.2) is 37.1 Å². The zero-order valence-corrected chi connectivity index (χ0v) is 17.0. The minimum Gasteiger partial charge on any atom is -0.504 e. The Bertz CT molecular complexity index is 623. The molecule has 4 fully saturated rings. The standard InChI is InChI=1S/C11H14F4O.C10H12F4O/c1-16-6-9(7-2-10(12,13)3-7)8-4-11(14,15)5-8;11-9(12)1-6(2-9)8(5-15)7-3-10(13,14)4-7/h6-8H,2-5H2,1H3;5-8H,1-4H2. The van der Waals surface area contributed by atoms with E-state index in [1.807, 2.05) is 0 Å². The van der Waals surface area contributed by atoms with Crippen LogP contribution in [0.3, 0.4) is 0 Å². The van der Waals surface area contributed by atoms with Crippen molar-refractivity contribution in [1.82, 2.24) is 0 Å². The van der Waals surface area contributed by atoms with Crippen LogP contribution in [0.1, 0.15) is 51.4 Å². The minimum atomic E-state index is -2.68. The van der Waals surface area contributed by atoms with Gasteiger partial charge >= 0.3 is 0 Å². The highest BCUT2D eigenvalue weighted by Gasteiger charge is 2.56. The number of alkyl halides is 8. The molecule has 0 saturated heterocycles. The van der Waals surface area contributed by atoms with Crippen molar-refractivity contribution in [3.63, 3.8) is 0 Å². The molecule has 2 nitrogen and oxygen atoms in total. The predicted molar refractivity (Wildman–Crippen MR) is 95.3 cm³/mol. The molecule has 0 unspecified atom stereocenters. The van der Waals surface area contributed by atoms with E-state index >= 15 is 0 Å². The normalized spacial score (nSPS) is 28.7. The van der Waals surface area contributed by atoms with Crippen molar-refractivity contribution in [2.75, 3.05) is 7.11 Å². The van der Waals surface area contributed by atoms with Crippen LogP contribution < -0.4 is 0 Å². The van der Waals surface area contributed by atoms with Gasteiger partial charge in [0, 0.05) is 57.3 Å². The molecule has 31 heavy (non-hydrogen) atoms. The smallest absolute Gasteiger partial charge is 0.249 e. The number of rotatable bonds is 6. The van der Waals surface area contributed by atoms with Crippen molar-refractivity contribution in [3.8, 4) is 0 Å². The van der Waals surface area contributed by atoms with Gasteiger partial charge in [-0.3, -0.25) is 0 Å². The van der Waals surface area contributed by atoms with Crippen molar-refractivity contribution < 1.29 is 44.7 Å². The van der Waals surface area contributed by atoms with Gasteiger partial charge in [0.15, 0.2) is 0 Å². The maximum atomic E-state index is 12.7. The van der Waals surface area contributed by atoms with E-state index in [0.717, 1.165) is 0 Å². The topological polar surface area (TPSA) is 26.3 Å². The summed E-state index contributed by atoms with van der Waals surface area (Å²) in [6.07, 6.45) is -0.253. The molecule has 0 aliphatic heterocycles. The predicted octanol–water partition coefficient (Wildman–Crippen LogP) is 6.50. The minimum absolute atomic E-state index is 0.232. The van der Waals surface area contributed by atoms with Gasteiger partial charge in [-0.15, -0.1) is 0 Å². The summed E-state index contributed by atoms with van der Waals surface area (Å²) in [5.74, 6) is -12.5. The molecule has 0 bridgehead atoms. The fourth-order valence-corrected chi connectivity index (χ4v) is 5.02. The van der Waals surface area contributed by atoms with Gasteiger partial charge in [-0.2, -0.15) is 0 Å². The van der Waals surface area contributed by atoms with Gasteiger partial charge in [0.05, 0.1) is 13.4 Å². The molecule has 0 spiro atoms. The van der Waals surface area contributed by atoms with Gasteiger partial charge < -0.3 is 9.53 Å². The van der Waals surface area contributed by atoms with E-state index in [0.29, 0.717) is 11.9 Å². The molecule has 178 valence electrons. The molecular weight excluding hydrogens is 436 g/mol. The van der Waals surface area contributed by atoms with E-state index in [9.17, 15) is 39.9 Å². The van der Waals surface area contributed by atoms with Crippen LogP contribution in [0.15, 0.2) is 11.8 Å². The number of carbonyl (C=O) groups is 1. The summed E-state index contributed by atoms with van der Waals surface area (Å²) in [5.41, 5.74) is 0.638. The molecule has 0 N–H and O–H groups in total. The molecule has 4 rings (SSSR count). The maximum Gasteiger partial charge on any atom is 0.249 e. The Hall–Kier alpha value is -1.35.